The molecule has 2 unspecified atom stereocenters. The van der Waals surface area contributed by atoms with Crippen LogP contribution in [0.1, 0.15) is 59.6 Å². The molecule has 0 N–H and O–H groups in total. The number of rotatable bonds is 11. The lowest BCUT2D eigenvalue weighted by Gasteiger charge is -2.22. The van der Waals surface area contributed by atoms with E-state index in [4.69, 9.17) is 37.2 Å². The largest absolute Gasteiger partial charge is 0.460 e. The van der Waals surface area contributed by atoms with E-state index in [0.29, 0.717) is 19.3 Å². The highest BCUT2D eigenvalue weighted by molar-refractivity contribution is 8.69. The van der Waals surface area contributed by atoms with Crippen LogP contribution in [0, 0.1) is 47.4 Å². The van der Waals surface area contributed by atoms with E-state index in [1.807, 2.05) is 25.6 Å². The van der Waals surface area contributed by atoms with Gasteiger partial charge in [-0.05, 0) is 43.9 Å². The Balaban J connectivity index is 0.000000501. The van der Waals surface area contributed by atoms with Crippen LogP contribution in [0.5, 0.6) is 0 Å². The molecule has 0 heterocycles. The van der Waals surface area contributed by atoms with Crippen LogP contribution < -0.4 is 0 Å². The van der Waals surface area contributed by atoms with E-state index in [0.717, 1.165) is 12.0 Å². The molecule has 1 fully saturated rings. The highest BCUT2D eigenvalue weighted by atomic mass is 35.5. The van der Waals surface area contributed by atoms with Crippen molar-refractivity contribution in [3.8, 4) is 0 Å². The van der Waals surface area contributed by atoms with Crippen molar-refractivity contribution < 1.29 is 49.3 Å². The van der Waals surface area contributed by atoms with Gasteiger partial charge in [-0.25, -0.2) is 17.6 Å². The van der Waals surface area contributed by atoms with Crippen molar-refractivity contribution in [2.75, 3.05) is 18.3 Å². The first-order valence-corrected chi connectivity index (χ1v) is 18.2. The number of esters is 1. The van der Waals surface area contributed by atoms with Gasteiger partial charge < -0.3 is 13.8 Å². The summed E-state index contributed by atoms with van der Waals surface area (Å²) in [6.45, 7) is 14.4. The molecular formula is C26H35ClF7O4PS3. The summed E-state index contributed by atoms with van der Waals surface area (Å²) in [6.07, 6.45) is -4.11. The summed E-state index contributed by atoms with van der Waals surface area (Å²) in [5.74, 6) is -9.68. The van der Waals surface area contributed by atoms with E-state index in [1.54, 1.807) is 11.4 Å². The van der Waals surface area contributed by atoms with Crippen molar-refractivity contribution in [3.63, 3.8) is 0 Å². The molecule has 0 spiro atoms. The molecule has 0 radical (unpaired) electrons. The van der Waals surface area contributed by atoms with Gasteiger partial charge >= 0.3 is 12.1 Å². The Morgan fingerprint density at radius 1 is 1.02 bits per heavy atom. The average molecular weight is 707 g/mol. The molecule has 0 bridgehead atoms. The summed E-state index contributed by atoms with van der Waals surface area (Å²) < 4.78 is 108. The molecule has 0 amide bonds. The summed E-state index contributed by atoms with van der Waals surface area (Å²) in [5.41, 5.74) is -5.01. The number of hydrogen-bond acceptors (Lipinski definition) is 7. The van der Waals surface area contributed by atoms with Gasteiger partial charge in [0.15, 0.2) is 23.3 Å². The third kappa shape index (κ3) is 11.1. The SMILES string of the molecule is CCOP(=S)(OCC)SCSC(C)(C)C.Cc1c(F)c(F)c(COC(=O)C2C(/C=C(\Cl)C(F)(F)F)C2(C)C)c(F)c1F. The first-order valence-electron chi connectivity index (χ1n) is 12.6. The molecule has 1 aromatic rings. The van der Waals surface area contributed by atoms with Gasteiger partial charge in [-0.15, -0.1) is 11.8 Å². The van der Waals surface area contributed by atoms with Gasteiger partial charge in [0.1, 0.15) is 11.6 Å². The monoisotopic (exact) mass is 706 g/mol. The molecule has 1 aromatic carbocycles. The molecule has 42 heavy (non-hydrogen) atoms. The number of allylic oxidation sites excluding steroid dienone is 2. The summed E-state index contributed by atoms with van der Waals surface area (Å²) in [4.78, 5) is 12.1. The lowest BCUT2D eigenvalue weighted by atomic mass is 10.1. The first kappa shape index (κ1) is 39.5. The normalized spacial score (nSPS) is 18.8. The van der Waals surface area contributed by atoms with Gasteiger partial charge in [-0.2, -0.15) is 13.2 Å². The third-order valence-electron chi connectivity index (χ3n) is 5.97. The number of alkyl halides is 3. The Morgan fingerprint density at radius 3 is 1.90 bits per heavy atom. The fraction of sp³-hybridized carbons (Fsp3) is 0.654. The van der Waals surface area contributed by atoms with Crippen LogP contribution in [-0.4, -0.2) is 35.2 Å². The Morgan fingerprint density at radius 2 is 1.50 bits per heavy atom. The van der Waals surface area contributed by atoms with E-state index in [1.165, 1.54) is 13.8 Å². The summed E-state index contributed by atoms with van der Waals surface area (Å²) in [5, 5.41) is -0.475. The minimum atomic E-state index is -4.78. The van der Waals surface area contributed by atoms with Crippen molar-refractivity contribution in [1.82, 2.24) is 0 Å². The van der Waals surface area contributed by atoms with Gasteiger partial charge in [0.2, 0.25) is 5.69 Å². The molecule has 16 heteroatoms. The van der Waals surface area contributed by atoms with E-state index in [-0.39, 0.29) is 4.75 Å². The van der Waals surface area contributed by atoms with Crippen molar-refractivity contribution in [2.45, 2.75) is 72.9 Å². The second-order valence-corrected chi connectivity index (χ2v) is 19.5. The zero-order chi connectivity index (χ0) is 32.8. The second-order valence-electron chi connectivity index (χ2n) is 10.6. The van der Waals surface area contributed by atoms with Crippen LogP contribution in [0.15, 0.2) is 11.1 Å². The quantitative estimate of drug-likeness (QED) is 0.0746. The van der Waals surface area contributed by atoms with Crippen LogP contribution in [0.2, 0.25) is 0 Å². The zero-order valence-corrected chi connectivity index (χ0v) is 28.5. The Kier molecular flexibility index (Phi) is 14.7. The van der Waals surface area contributed by atoms with Crippen LogP contribution in [-0.2, 0) is 37.0 Å². The van der Waals surface area contributed by atoms with E-state index < -0.39 is 81.1 Å². The molecule has 2 atom stereocenters. The predicted molar refractivity (Wildman–Crippen MR) is 159 cm³/mol. The van der Waals surface area contributed by atoms with E-state index in [2.05, 4.69) is 20.8 Å². The molecule has 1 saturated carbocycles. The highest BCUT2D eigenvalue weighted by Gasteiger charge is 2.62. The fourth-order valence-electron chi connectivity index (χ4n) is 3.53. The molecule has 0 saturated heterocycles. The van der Waals surface area contributed by atoms with Crippen LogP contribution in [0.4, 0.5) is 30.7 Å². The van der Waals surface area contributed by atoms with Crippen molar-refractivity contribution >= 4 is 58.2 Å². The molecule has 1 aliphatic carbocycles. The molecule has 2 rings (SSSR count). The van der Waals surface area contributed by atoms with Crippen LogP contribution >= 0.6 is 40.4 Å². The topological polar surface area (TPSA) is 44.8 Å². The molecule has 4 nitrogen and oxygen atoms in total. The first-order chi connectivity index (χ1) is 19.0. The lowest BCUT2D eigenvalue weighted by molar-refractivity contribution is -0.147. The standard InChI is InChI=1S/C17H14ClF7O2.C9H21O2PS3/c1-6-11(19)13(21)7(14(22)12(6)20)5-27-15(26)10-8(16(10,2)3)4-9(18)17(23,24)25;1-6-10-12(13,11-7-2)15-8-14-9(3,4)5/h4,8,10H,5H2,1-3H3;6-8H2,1-5H3/b9-4-;. The maximum absolute atomic E-state index is 13.8. The zero-order valence-electron chi connectivity index (χ0n) is 24.4. The number of carbonyl (C=O) groups is 1. The van der Waals surface area contributed by atoms with Gasteiger partial charge in [0, 0.05) is 15.4 Å². The van der Waals surface area contributed by atoms with Crippen molar-refractivity contribution in [2.24, 2.45) is 17.3 Å². The molecule has 0 aliphatic heterocycles. The minimum Gasteiger partial charge on any atom is -0.460 e. The summed E-state index contributed by atoms with van der Waals surface area (Å²) >= 11 is 14.1. The van der Waals surface area contributed by atoms with Crippen molar-refractivity contribution in [1.29, 1.82) is 0 Å². The Bertz CT molecular complexity index is 1150. The second kappa shape index (κ2) is 15.7. The van der Waals surface area contributed by atoms with E-state index in [9.17, 15) is 35.5 Å². The summed E-state index contributed by atoms with van der Waals surface area (Å²) in [6, 6.07) is 0. The van der Waals surface area contributed by atoms with E-state index >= 15 is 0 Å². The fourth-order valence-corrected chi connectivity index (χ4v) is 11.2. The van der Waals surface area contributed by atoms with Crippen LogP contribution in [0.25, 0.3) is 0 Å². The minimum absolute atomic E-state index is 0.269. The number of hydrogen-bond donors (Lipinski definition) is 0. The van der Waals surface area contributed by atoms with Gasteiger partial charge in [0.25, 0.3) is 0 Å². The van der Waals surface area contributed by atoms with Crippen LogP contribution in [0.3, 0.4) is 0 Å². The predicted octanol–water partition coefficient (Wildman–Crippen LogP) is 10.1. The van der Waals surface area contributed by atoms with Gasteiger partial charge in [-0.1, -0.05) is 63.7 Å². The summed E-state index contributed by atoms with van der Waals surface area (Å²) in [7, 11) is 0. The number of ether oxygens (including phenoxy) is 1. The number of thioether (sulfide) groups is 1. The van der Waals surface area contributed by atoms with Crippen molar-refractivity contribution in [3.05, 3.63) is 45.5 Å². The molecule has 0 aromatic heterocycles. The third-order valence-corrected chi connectivity index (χ3v) is 13.6. The number of halogens is 8. The maximum atomic E-state index is 13.8. The number of benzene rings is 1. The Hall–Kier alpha value is -0.500. The smallest absolute Gasteiger partial charge is 0.426 e. The molecular weight excluding hydrogens is 672 g/mol. The molecule has 242 valence electrons. The maximum Gasteiger partial charge on any atom is 0.426 e. The Labute approximate surface area is 260 Å². The number of carbonyl (C=O) groups excluding carboxylic acids is 1. The van der Waals surface area contributed by atoms with Gasteiger partial charge in [-0.3, -0.25) is 4.79 Å². The average Bonchev–Trinajstić information content (AvgIpc) is 3.39. The molecule has 1 aliphatic rings. The van der Waals surface area contributed by atoms with Gasteiger partial charge in [0.05, 0.1) is 24.7 Å². The highest BCUT2D eigenvalue weighted by Crippen LogP contribution is 2.62. The lowest BCUT2D eigenvalue weighted by Crippen LogP contribution is -2.14.